The number of ether oxygens (including phenoxy) is 2. The number of hydrogen-bond acceptors (Lipinski definition) is 4. The van der Waals surface area contributed by atoms with Gasteiger partial charge in [-0.3, -0.25) is 0 Å². The molecule has 210 valence electrons. The van der Waals surface area contributed by atoms with Crippen LogP contribution >= 0.6 is 0 Å². The van der Waals surface area contributed by atoms with Crippen molar-refractivity contribution in [3.63, 3.8) is 0 Å². The first-order chi connectivity index (χ1) is 18.5. The second kappa shape index (κ2) is 19.4. The Morgan fingerprint density at radius 3 is 1.63 bits per heavy atom. The molecule has 4 nitrogen and oxygen atoms in total. The lowest BCUT2D eigenvalue weighted by Crippen LogP contribution is -2.12. The SMILES string of the molecule is CCCCCCCCCCCCCCCc1ccc(C(=O)Oc2ccc(C(=O)OCC(C)CC)cc2)cc1. The summed E-state index contributed by atoms with van der Waals surface area (Å²) in [6.07, 6.45) is 19.7. The molecule has 0 heterocycles. The van der Waals surface area contributed by atoms with Gasteiger partial charge in [0.1, 0.15) is 5.75 Å². The molecular weight excluding hydrogens is 472 g/mol. The zero-order valence-corrected chi connectivity index (χ0v) is 24.1. The van der Waals surface area contributed by atoms with E-state index in [-0.39, 0.29) is 5.97 Å². The van der Waals surface area contributed by atoms with Gasteiger partial charge in [0.15, 0.2) is 0 Å². The second-order valence-corrected chi connectivity index (χ2v) is 10.7. The third kappa shape index (κ3) is 13.3. The molecule has 0 N–H and O–H groups in total. The fraction of sp³-hybridized carbons (Fsp3) is 0.588. The van der Waals surface area contributed by atoms with Crippen molar-refractivity contribution in [2.75, 3.05) is 6.61 Å². The van der Waals surface area contributed by atoms with Crippen LogP contribution in [0.5, 0.6) is 5.75 Å². The van der Waals surface area contributed by atoms with Crippen LogP contribution in [0, 0.1) is 5.92 Å². The Hall–Kier alpha value is -2.62. The molecule has 0 saturated heterocycles. The molecule has 0 spiro atoms. The lowest BCUT2D eigenvalue weighted by Gasteiger charge is -2.10. The van der Waals surface area contributed by atoms with E-state index in [0.29, 0.717) is 29.4 Å². The average Bonchev–Trinajstić information content (AvgIpc) is 2.94. The lowest BCUT2D eigenvalue weighted by molar-refractivity contribution is 0.0447. The first-order valence-corrected chi connectivity index (χ1v) is 15.1. The van der Waals surface area contributed by atoms with Crippen LogP contribution < -0.4 is 4.74 Å². The summed E-state index contributed by atoms with van der Waals surface area (Å²) >= 11 is 0. The molecule has 1 atom stereocenters. The summed E-state index contributed by atoms with van der Waals surface area (Å²) in [7, 11) is 0. The number of rotatable bonds is 20. The summed E-state index contributed by atoms with van der Waals surface area (Å²) in [6.45, 7) is 6.79. The number of carbonyl (C=O) groups is 2. The Labute approximate surface area is 231 Å². The van der Waals surface area contributed by atoms with E-state index in [2.05, 4.69) is 13.8 Å². The number of esters is 2. The van der Waals surface area contributed by atoms with Crippen LogP contribution in [-0.2, 0) is 11.2 Å². The van der Waals surface area contributed by atoms with Crippen LogP contribution in [0.4, 0.5) is 0 Å². The Balaban J connectivity index is 1.59. The van der Waals surface area contributed by atoms with Crippen LogP contribution in [0.3, 0.4) is 0 Å². The van der Waals surface area contributed by atoms with Crippen molar-refractivity contribution < 1.29 is 19.1 Å². The second-order valence-electron chi connectivity index (χ2n) is 10.7. The minimum atomic E-state index is -0.399. The fourth-order valence-electron chi connectivity index (χ4n) is 4.40. The van der Waals surface area contributed by atoms with Gasteiger partial charge in [-0.1, -0.05) is 116 Å². The molecule has 0 bridgehead atoms. The highest BCUT2D eigenvalue weighted by Crippen LogP contribution is 2.17. The molecule has 0 aliphatic rings. The van der Waals surface area contributed by atoms with Crippen molar-refractivity contribution in [2.24, 2.45) is 5.92 Å². The predicted molar refractivity (Wildman–Crippen MR) is 157 cm³/mol. The quantitative estimate of drug-likeness (QED) is 0.0986. The van der Waals surface area contributed by atoms with Crippen LogP contribution in [-0.4, -0.2) is 18.5 Å². The molecule has 2 rings (SSSR count). The third-order valence-corrected chi connectivity index (χ3v) is 7.26. The third-order valence-electron chi connectivity index (χ3n) is 7.26. The van der Waals surface area contributed by atoms with E-state index >= 15 is 0 Å². The summed E-state index contributed by atoms with van der Waals surface area (Å²) in [4.78, 5) is 24.7. The van der Waals surface area contributed by atoms with Crippen LogP contribution in [0.25, 0.3) is 0 Å². The monoisotopic (exact) mass is 522 g/mol. The zero-order chi connectivity index (χ0) is 27.4. The molecule has 2 aromatic carbocycles. The van der Waals surface area contributed by atoms with Gasteiger partial charge in [-0.25, -0.2) is 9.59 Å². The largest absolute Gasteiger partial charge is 0.462 e. The van der Waals surface area contributed by atoms with Crippen molar-refractivity contribution in [3.05, 3.63) is 65.2 Å². The van der Waals surface area contributed by atoms with Crippen molar-refractivity contribution in [2.45, 2.75) is 117 Å². The van der Waals surface area contributed by atoms with Crippen LogP contribution in [0.2, 0.25) is 0 Å². The number of benzene rings is 2. The zero-order valence-electron chi connectivity index (χ0n) is 24.1. The van der Waals surface area contributed by atoms with E-state index in [4.69, 9.17) is 9.47 Å². The molecule has 0 saturated carbocycles. The molecule has 0 aliphatic heterocycles. The van der Waals surface area contributed by atoms with E-state index in [9.17, 15) is 9.59 Å². The Bertz CT molecular complexity index is 901. The number of hydrogen-bond donors (Lipinski definition) is 0. The van der Waals surface area contributed by atoms with Crippen LogP contribution in [0.15, 0.2) is 48.5 Å². The van der Waals surface area contributed by atoms with Gasteiger partial charge in [-0.2, -0.15) is 0 Å². The van der Waals surface area contributed by atoms with E-state index in [1.165, 1.54) is 89.0 Å². The molecular formula is C34H50O4. The van der Waals surface area contributed by atoms with Crippen molar-refractivity contribution in [1.29, 1.82) is 0 Å². The van der Waals surface area contributed by atoms with Gasteiger partial charge in [0, 0.05) is 0 Å². The van der Waals surface area contributed by atoms with Gasteiger partial charge in [-0.05, 0) is 60.7 Å². The van der Waals surface area contributed by atoms with Gasteiger partial charge >= 0.3 is 11.9 Å². The highest BCUT2D eigenvalue weighted by Gasteiger charge is 2.12. The molecule has 4 heteroatoms. The minimum absolute atomic E-state index is 0.333. The van der Waals surface area contributed by atoms with Gasteiger partial charge in [-0.15, -0.1) is 0 Å². The highest BCUT2D eigenvalue weighted by molar-refractivity contribution is 5.92. The number of carbonyl (C=O) groups excluding carboxylic acids is 2. The Morgan fingerprint density at radius 1 is 0.632 bits per heavy atom. The molecule has 1 unspecified atom stereocenters. The summed E-state index contributed by atoms with van der Waals surface area (Å²) in [5.41, 5.74) is 2.23. The topological polar surface area (TPSA) is 52.6 Å². The van der Waals surface area contributed by atoms with Crippen molar-refractivity contribution in [1.82, 2.24) is 0 Å². The maximum Gasteiger partial charge on any atom is 0.343 e. The summed E-state index contributed by atoms with van der Waals surface area (Å²) in [5, 5.41) is 0. The van der Waals surface area contributed by atoms with E-state index in [1.54, 1.807) is 24.3 Å². The normalized spacial score (nSPS) is 11.8. The van der Waals surface area contributed by atoms with Gasteiger partial charge in [0.05, 0.1) is 17.7 Å². The van der Waals surface area contributed by atoms with E-state index in [1.807, 2.05) is 31.2 Å². The highest BCUT2D eigenvalue weighted by atomic mass is 16.5. The molecule has 0 amide bonds. The minimum Gasteiger partial charge on any atom is -0.462 e. The first-order valence-electron chi connectivity index (χ1n) is 15.1. The van der Waals surface area contributed by atoms with Gasteiger partial charge < -0.3 is 9.47 Å². The lowest BCUT2D eigenvalue weighted by atomic mass is 10.0. The Kier molecular flexibility index (Phi) is 16.2. The summed E-state index contributed by atoms with van der Waals surface area (Å²) in [5.74, 6) is -0.0173. The van der Waals surface area contributed by atoms with Crippen molar-refractivity contribution >= 4 is 11.9 Å². The molecule has 38 heavy (non-hydrogen) atoms. The first kappa shape index (κ1) is 31.6. The van der Waals surface area contributed by atoms with E-state index < -0.39 is 5.97 Å². The fourth-order valence-corrected chi connectivity index (χ4v) is 4.40. The van der Waals surface area contributed by atoms with E-state index in [0.717, 1.165) is 12.8 Å². The molecule has 2 aromatic rings. The smallest absolute Gasteiger partial charge is 0.343 e. The van der Waals surface area contributed by atoms with Crippen LogP contribution in [0.1, 0.15) is 137 Å². The summed E-state index contributed by atoms with van der Waals surface area (Å²) < 4.78 is 10.8. The molecule has 0 aliphatic carbocycles. The predicted octanol–water partition coefficient (Wildman–Crippen LogP) is 9.74. The number of unbranched alkanes of at least 4 members (excludes halogenated alkanes) is 12. The standard InChI is InChI=1S/C34H50O4/c1-4-6-7-8-9-10-11-12-13-14-15-16-17-18-29-19-21-31(22-20-29)34(36)38-32-25-23-30(24-26-32)33(35)37-27-28(3)5-2/h19-26,28H,4-18,27H2,1-3H3. The maximum atomic E-state index is 12.5. The average molecular weight is 523 g/mol. The molecule has 0 radical (unpaired) electrons. The molecule has 0 aromatic heterocycles. The van der Waals surface area contributed by atoms with Gasteiger partial charge in [0.25, 0.3) is 0 Å². The number of aryl methyl sites for hydroxylation is 1. The summed E-state index contributed by atoms with van der Waals surface area (Å²) in [6, 6.07) is 14.2. The maximum absolute atomic E-state index is 12.5. The van der Waals surface area contributed by atoms with Gasteiger partial charge in [0.2, 0.25) is 0 Å². The Morgan fingerprint density at radius 2 is 1.11 bits per heavy atom. The van der Waals surface area contributed by atoms with Crippen molar-refractivity contribution in [3.8, 4) is 5.75 Å². The molecule has 0 fully saturated rings.